The lowest BCUT2D eigenvalue weighted by Gasteiger charge is -2.10. The lowest BCUT2D eigenvalue weighted by molar-refractivity contribution is -0.114. The molecule has 2 heterocycles. The van der Waals surface area contributed by atoms with Crippen molar-refractivity contribution in [3.63, 3.8) is 0 Å². The molecule has 7 nitrogen and oxygen atoms in total. The maximum atomic E-state index is 12.8. The Labute approximate surface area is 171 Å². The van der Waals surface area contributed by atoms with E-state index in [-0.39, 0.29) is 16.0 Å². The molecule has 0 aliphatic carbocycles. The minimum absolute atomic E-state index is 0.132. The Morgan fingerprint density at radius 3 is 2.50 bits per heavy atom. The molecule has 2 aromatic heterocycles. The lowest BCUT2D eigenvalue weighted by Crippen LogP contribution is -2.14. The molecule has 146 valence electrons. The first-order valence-corrected chi connectivity index (χ1v) is 10.8. The predicted octanol–water partition coefficient (Wildman–Crippen LogP) is 4.23. The van der Waals surface area contributed by atoms with E-state index in [0.717, 1.165) is 5.56 Å². The molecular weight excluding hydrogens is 420 g/mol. The van der Waals surface area contributed by atoms with E-state index in [4.69, 9.17) is 11.6 Å². The third-order valence-corrected chi connectivity index (χ3v) is 6.67. The third kappa shape index (κ3) is 4.49. The Balaban J connectivity index is 1.98. The van der Waals surface area contributed by atoms with Crippen molar-refractivity contribution in [2.75, 3.05) is 10.0 Å². The van der Waals surface area contributed by atoms with Gasteiger partial charge in [0.2, 0.25) is 5.91 Å². The summed E-state index contributed by atoms with van der Waals surface area (Å²) in [6.45, 7) is 5.07. The Bertz CT molecular complexity index is 1140. The van der Waals surface area contributed by atoms with E-state index in [0.29, 0.717) is 27.0 Å². The SMILES string of the molecule is CC(=O)Nc1nc(C)c(-c2cnc(Cl)c(S(=O)(=O)Nc3ccc(C)cc3)c2)s1. The average molecular weight is 437 g/mol. The number of hydrogen-bond acceptors (Lipinski definition) is 6. The highest BCUT2D eigenvalue weighted by Crippen LogP contribution is 2.35. The van der Waals surface area contributed by atoms with Crippen LogP contribution in [0.15, 0.2) is 41.4 Å². The first kappa shape index (κ1) is 20.2. The summed E-state index contributed by atoms with van der Waals surface area (Å²) in [5.41, 5.74) is 2.63. The summed E-state index contributed by atoms with van der Waals surface area (Å²) in [5, 5.41) is 2.92. The van der Waals surface area contributed by atoms with Crippen LogP contribution in [0.3, 0.4) is 0 Å². The molecule has 1 aromatic carbocycles. The summed E-state index contributed by atoms with van der Waals surface area (Å²) in [4.78, 5) is 20.1. The summed E-state index contributed by atoms with van der Waals surface area (Å²) in [7, 11) is -3.94. The molecule has 10 heteroatoms. The number of nitrogens with one attached hydrogen (secondary N) is 2. The van der Waals surface area contributed by atoms with Gasteiger partial charge in [-0.25, -0.2) is 18.4 Å². The van der Waals surface area contributed by atoms with Gasteiger partial charge in [-0.15, -0.1) is 0 Å². The Morgan fingerprint density at radius 1 is 1.18 bits per heavy atom. The van der Waals surface area contributed by atoms with Crippen LogP contribution in [0.4, 0.5) is 10.8 Å². The molecule has 0 saturated heterocycles. The Hall–Kier alpha value is -2.49. The summed E-state index contributed by atoms with van der Waals surface area (Å²) in [6, 6.07) is 8.40. The second kappa shape index (κ2) is 7.86. The molecule has 0 fully saturated rings. The van der Waals surface area contributed by atoms with E-state index in [1.807, 2.05) is 6.92 Å². The van der Waals surface area contributed by atoms with Crippen molar-refractivity contribution in [2.24, 2.45) is 0 Å². The fourth-order valence-corrected chi connectivity index (χ4v) is 4.96. The number of amides is 1. The maximum Gasteiger partial charge on any atom is 0.264 e. The van der Waals surface area contributed by atoms with Crippen molar-refractivity contribution in [3.05, 3.63) is 52.9 Å². The lowest BCUT2D eigenvalue weighted by atomic mass is 10.2. The van der Waals surface area contributed by atoms with Crippen LogP contribution in [-0.4, -0.2) is 24.3 Å². The number of benzene rings is 1. The first-order valence-electron chi connectivity index (χ1n) is 8.16. The van der Waals surface area contributed by atoms with Crippen LogP contribution >= 0.6 is 22.9 Å². The van der Waals surface area contributed by atoms with Gasteiger partial charge in [0.1, 0.15) is 10.0 Å². The molecule has 0 unspecified atom stereocenters. The largest absolute Gasteiger partial charge is 0.302 e. The molecule has 1 amide bonds. The second-order valence-corrected chi connectivity index (χ2v) is 9.11. The van der Waals surface area contributed by atoms with Gasteiger partial charge in [0.25, 0.3) is 10.0 Å². The van der Waals surface area contributed by atoms with Gasteiger partial charge in [0.05, 0.1) is 10.6 Å². The highest BCUT2D eigenvalue weighted by molar-refractivity contribution is 7.92. The van der Waals surface area contributed by atoms with Crippen LogP contribution in [0.2, 0.25) is 5.15 Å². The summed E-state index contributed by atoms with van der Waals surface area (Å²) >= 11 is 7.30. The monoisotopic (exact) mass is 436 g/mol. The minimum Gasteiger partial charge on any atom is -0.302 e. The fourth-order valence-electron chi connectivity index (χ4n) is 2.44. The van der Waals surface area contributed by atoms with E-state index in [1.165, 1.54) is 30.5 Å². The van der Waals surface area contributed by atoms with Crippen molar-refractivity contribution < 1.29 is 13.2 Å². The van der Waals surface area contributed by atoms with Gasteiger partial charge in [-0.2, -0.15) is 0 Å². The van der Waals surface area contributed by atoms with E-state index >= 15 is 0 Å². The van der Waals surface area contributed by atoms with Gasteiger partial charge in [-0.05, 0) is 32.0 Å². The number of aromatic nitrogens is 2. The van der Waals surface area contributed by atoms with Crippen LogP contribution in [0.1, 0.15) is 18.2 Å². The molecule has 3 aromatic rings. The van der Waals surface area contributed by atoms with Crippen molar-refractivity contribution >= 4 is 49.7 Å². The maximum absolute atomic E-state index is 12.8. The minimum atomic E-state index is -3.94. The number of pyridine rings is 1. The third-order valence-electron chi connectivity index (χ3n) is 3.74. The highest BCUT2D eigenvalue weighted by atomic mass is 35.5. The molecule has 0 aliphatic heterocycles. The normalized spacial score (nSPS) is 11.3. The first-order chi connectivity index (χ1) is 13.2. The zero-order valence-electron chi connectivity index (χ0n) is 15.3. The van der Waals surface area contributed by atoms with Crippen molar-refractivity contribution in [1.29, 1.82) is 0 Å². The molecule has 0 saturated carbocycles. The molecule has 0 radical (unpaired) electrons. The average Bonchev–Trinajstić information content (AvgIpc) is 2.96. The highest BCUT2D eigenvalue weighted by Gasteiger charge is 2.22. The number of aryl methyl sites for hydroxylation is 2. The standard InChI is InChI=1S/C18H17ClN4O3S2/c1-10-4-6-14(7-5-10)23-28(25,26)15-8-13(9-20-17(15)19)16-11(2)21-18(27-16)22-12(3)24/h4-9,23H,1-3H3,(H,21,22,24). The van der Waals surface area contributed by atoms with Crippen molar-refractivity contribution in [1.82, 2.24) is 9.97 Å². The van der Waals surface area contributed by atoms with E-state index in [1.54, 1.807) is 31.2 Å². The quantitative estimate of drug-likeness (QED) is 0.582. The number of anilines is 2. The number of carbonyl (C=O) groups is 1. The molecule has 0 aliphatic rings. The predicted molar refractivity (Wildman–Crippen MR) is 111 cm³/mol. The van der Waals surface area contributed by atoms with Crippen LogP contribution in [0.5, 0.6) is 0 Å². The molecule has 0 bridgehead atoms. The van der Waals surface area contributed by atoms with Crippen LogP contribution in [0, 0.1) is 13.8 Å². The van der Waals surface area contributed by atoms with Crippen LogP contribution < -0.4 is 10.0 Å². The smallest absolute Gasteiger partial charge is 0.264 e. The van der Waals surface area contributed by atoms with E-state index in [2.05, 4.69) is 20.0 Å². The number of halogens is 1. The summed E-state index contributed by atoms with van der Waals surface area (Å²) in [5.74, 6) is -0.236. The van der Waals surface area contributed by atoms with Gasteiger partial charge in [-0.1, -0.05) is 40.6 Å². The van der Waals surface area contributed by atoms with Crippen LogP contribution in [0.25, 0.3) is 10.4 Å². The van der Waals surface area contributed by atoms with E-state index < -0.39 is 10.0 Å². The number of hydrogen-bond donors (Lipinski definition) is 2. The van der Waals surface area contributed by atoms with Gasteiger partial charge in [0, 0.05) is 24.4 Å². The van der Waals surface area contributed by atoms with Crippen molar-refractivity contribution in [2.45, 2.75) is 25.7 Å². The van der Waals surface area contributed by atoms with Gasteiger partial charge < -0.3 is 5.32 Å². The molecule has 0 atom stereocenters. The van der Waals surface area contributed by atoms with E-state index in [9.17, 15) is 13.2 Å². The molecule has 3 rings (SSSR count). The zero-order valence-corrected chi connectivity index (χ0v) is 17.7. The Kier molecular flexibility index (Phi) is 5.69. The summed E-state index contributed by atoms with van der Waals surface area (Å²) < 4.78 is 28.1. The number of carbonyl (C=O) groups excluding carboxylic acids is 1. The topological polar surface area (TPSA) is 101 Å². The van der Waals surface area contributed by atoms with Crippen molar-refractivity contribution in [3.8, 4) is 10.4 Å². The number of sulfonamides is 1. The zero-order chi connectivity index (χ0) is 20.5. The number of rotatable bonds is 5. The molecule has 28 heavy (non-hydrogen) atoms. The molecule has 0 spiro atoms. The molecule has 2 N–H and O–H groups in total. The number of thiazole rings is 1. The second-order valence-electron chi connectivity index (χ2n) is 6.10. The Morgan fingerprint density at radius 2 is 1.86 bits per heavy atom. The number of nitrogens with zero attached hydrogens (tertiary/aromatic N) is 2. The van der Waals surface area contributed by atoms with Gasteiger partial charge in [0.15, 0.2) is 5.13 Å². The van der Waals surface area contributed by atoms with Gasteiger partial charge >= 0.3 is 0 Å². The fraction of sp³-hybridized carbons (Fsp3) is 0.167. The van der Waals surface area contributed by atoms with Gasteiger partial charge in [-0.3, -0.25) is 9.52 Å². The summed E-state index contributed by atoms with van der Waals surface area (Å²) in [6.07, 6.45) is 1.48. The molecular formula is C18H17ClN4O3S2. The van der Waals surface area contributed by atoms with Crippen LogP contribution in [-0.2, 0) is 14.8 Å².